The predicted molar refractivity (Wildman–Crippen MR) is 64.8 cm³/mol. The molecule has 0 amide bonds. The average molecular weight is 283 g/mol. The van der Waals surface area contributed by atoms with Gasteiger partial charge in [0.05, 0.1) is 22.8 Å². The molecule has 2 rings (SSSR count). The first-order valence-electron chi connectivity index (χ1n) is 5.55. The molecule has 1 N–H and O–H groups in total. The van der Waals surface area contributed by atoms with Crippen molar-refractivity contribution >= 4 is 15.9 Å². The lowest BCUT2D eigenvalue weighted by atomic mass is 9.99. The number of aromatic nitrogens is 2. The minimum Gasteiger partial charge on any atom is -0.300 e. The summed E-state index contributed by atoms with van der Waals surface area (Å²) in [7, 11) is 0. The molecule has 4 nitrogen and oxygen atoms in total. The van der Waals surface area contributed by atoms with Crippen LogP contribution < -0.4 is 5.32 Å². The van der Waals surface area contributed by atoms with Crippen LogP contribution in [0, 0.1) is 11.3 Å². The van der Waals surface area contributed by atoms with Gasteiger partial charge in [-0.2, -0.15) is 10.4 Å². The van der Waals surface area contributed by atoms with E-state index >= 15 is 0 Å². The van der Waals surface area contributed by atoms with E-state index in [9.17, 15) is 5.26 Å². The maximum atomic E-state index is 9.27. The van der Waals surface area contributed by atoms with Crippen LogP contribution in [0.15, 0.2) is 16.9 Å². The van der Waals surface area contributed by atoms with Gasteiger partial charge in [-0.15, -0.1) is 0 Å². The number of nitrogens with one attached hydrogen (secondary N) is 1. The van der Waals surface area contributed by atoms with Crippen molar-refractivity contribution in [1.29, 1.82) is 5.26 Å². The standard InChI is InChI=1S/C11H15BrN4/c1-2-14-11(8-13)4-3-10(5-11)16-7-9(12)6-15-16/h6-7,10,14H,2-5H2,1H3. The van der Waals surface area contributed by atoms with E-state index in [2.05, 4.69) is 32.4 Å². The van der Waals surface area contributed by atoms with Gasteiger partial charge >= 0.3 is 0 Å². The lowest BCUT2D eigenvalue weighted by Gasteiger charge is -2.21. The van der Waals surface area contributed by atoms with Gasteiger partial charge in [0.2, 0.25) is 0 Å². The van der Waals surface area contributed by atoms with Gasteiger partial charge in [0.25, 0.3) is 0 Å². The van der Waals surface area contributed by atoms with Gasteiger partial charge in [-0.25, -0.2) is 0 Å². The molecule has 0 radical (unpaired) electrons. The van der Waals surface area contributed by atoms with Crippen molar-refractivity contribution in [3.05, 3.63) is 16.9 Å². The number of hydrogen-bond donors (Lipinski definition) is 1. The Kier molecular flexibility index (Phi) is 3.31. The minimum absolute atomic E-state index is 0.338. The van der Waals surface area contributed by atoms with Gasteiger partial charge in [0.15, 0.2) is 0 Å². The topological polar surface area (TPSA) is 53.6 Å². The second kappa shape index (κ2) is 4.56. The fourth-order valence-electron chi connectivity index (χ4n) is 2.40. The van der Waals surface area contributed by atoms with E-state index in [1.54, 1.807) is 6.20 Å². The Morgan fingerprint density at radius 1 is 1.81 bits per heavy atom. The van der Waals surface area contributed by atoms with Gasteiger partial charge in [0.1, 0.15) is 5.54 Å². The Bertz CT molecular complexity index is 408. The molecule has 0 bridgehead atoms. The molecule has 2 atom stereocenters. The summed E-state index contributed by atoms with van der Waals surface area (Å²) in [4.78, 5) is 0. The van der Waals surface area contributed by atoms with Crippen molar-refractivity contribution in [2.75, 3.05) is 6.54 Å². The summed E-state index contributed by atoms with van der Waals surface area (Å²) in [5.74, 6) is 0. The SMILES string of the molecule is CCNC1(C#N)CCC(n2cc(Br)cn2)C1. The summed E-state index contributed by atoms with van der Waals surface area (Å²) in [6.07, 6.45) is 6.52. The monoisotopic (exact) mass is 282 g/mol. The van der Waals surface area contributed by atoms with E-state index in [0.717, 1.165) is 30.3 Å². The number of nitrogens with zero attached hydrogens (tertiary/aromatic N) is 3. The molecule has 0 aromatic carbocycles. The molecule has 86 valence electrons. The zero-order valence-electron chi connectivity index (χ0n) is 9.28. The molecule has 1 aliphatic rings. The molecule has 5 heteroatoms. The highest BCUT2D eigenvalue weighted by molar-refractivity contribution is 9.10. The average Bonchev–Trinajstić information content (AvgIpc) is 2.86. The predicted octanol–water partition coefficient (Wildman–Crippen LogP) is 2.24. The molecule has 1 saturated carbocycles. The van der Waals surface area contributed by atoms with Gasteiger partial charge < -0.3 is 0 Å². The molecule has 1 fully saturated rings. The maximum absolute atomic E-state index is 9.27. The lowest BCUT2D eigenvalue weighted by molar-refractivity contribution is 0.395. The fraction of sp³-hybridized carbons (Fsp3) is 0.636. The van der Waals surface area contributed by atoms with Gasteiger partial charge in [-0.3, -0.25) is 10.00 Å². The van der Waals surface area contributed by atoms with Crippen molar-refractivity contribution < 1.29 is 0 Å². The van der Waals surface area contributed by atoms with Gasteiger partial charge in [-0.05, 0) is 35.3 Å². The van der Waals surface area contributed by atoms with Gasteiger partial charge in [0, 0.05) is 12.6 Å². The van der Waals surface area contributed by atoms with Crippen LogP contribution in [-0.4, -0.2) is 21.9 Å². The van der Waals surface area contributed by atoms with Crippen molar-refractivity contribution in [1.82, 2.24) is 15.1 Å². The van der Waals surface area contributed by atoms with Crippen LogP contribution in [0.25, 0.3) is 0 Å². The lowest BCUT2D eigenvalue weighted by Crippen LogP contribution is -2.41. The highest BCUT2D eigenvalue weighted by atomic mass is 79.9. The third-order valence-corrected chi connectivity index (χ3v) is 3.57. The highest BCUT2D eigenvalue weighted by Crippen LogP contribution is 2.37. The van der Waals surface area contributed by atoms with Crippen molar-refractivity contribution in [3.63, 3.8) is 0 Å². The zero-order valence-corrected chi connectivity index (χ0v) is 10.9. The Morgan fingerprint density at radius 2 is 2.62 bits per heavy atom. The Morgan fingerprint density at radius 3 is 3.19 bits per heavy atom. The second-order valence-electron chi connectivity index (χ2n) is 4.26. The van der Waals surface area contributed by atoms with Crippen LogP contribution in [0.1, 0.15) is 32.2 Å². The van der Waals surface area contributed by atoms with Crippen LogP contribution in [0.3, 0.4) is 0 Å². The van der Waals surface area contributed by atoms with Crippen molar-refractivity contribution in [2.24, 2.45) is 0 Å². The van der Waals surface area contributed by atoms with Crippen LogP contribution in [0.2, 0.25) is 0 Å². The molecule has 1 aromatic rings. The van der Waals surface area contributed by atoms with Crippen molar-refractivity contribution in [2.45, 2.75) is 37.8 Å². The van der Waals surface area contributed by atoms with E-state index in [4.69, 9.17) is 0 Å². The molecule has 1 aromatic heterocycles. The van der Waals surface area contributed by atoms with E-state index in [1.807, 2.05) is 17.8 Å². The molecule has 16 heavy (non-hydrogen) atoms. The molecule has 0 saturated heterocycles. The molecule has 1 heterocycles. The summed E-state index contributed by atoms with van der Waals surface area (Å²) in [5.41, 5.74) is -0.349. The first-order chi connectivity index (χ1) is 7.69. The number of rotatable bonds is 3. The number of hydrogen-bond acceptors (Lipinski definition) is 3. The summed E-state index contributed by atoms with van der Waals surface area (Å²) in [6.45, 7) is 2.87. The summed E-state index contributed by atoms with van der Waals surface area (Å²) in [5, 5.41) is 16.9. The molecule has 2 unspecified atom stereocenters. The number of halogens is 1. The normalized spacial score (nSPS) is 29.2. The van der Waals surface area contributed by atoms with Gasteiger partial charge in [-0.1, -0.05) is 6.92 Å². The molecule has 0 spiro atoms. The van der Waals surface area contributed by atoms with Crippen LogP contribution in [-0.2, 0) is 0 Å². The maximum Gasteiger partial charge on any atom is 0.108 e. The quantitative estimate of drug-likeness (QED) is 0.925. The smallest absolute Gasteiger partial charge is 0.108 e. The third kappa shape index (κ3) is 2.13. The Balaban J connectivity index is 2.10. The molecule has 1 aliphatic carbocycles. The van der Waals surface area contributed by atoms with E-state index in [0.29, 0.717) is 6.04 Å². The minimum atomic E-state index is -0.349. The van der Waals surface area contributed by atoms with Crippen LogP contribution in [0.5, 0.6) is 0 Å². The number of nitriles is 1. The molecule has 0 aliphatic heterocycles. The zero-order chi connectivity index (χ0) is 11.6. The first-order valence-corrected chi connectivity index (χ1v) is 6.34. The summed E-state index contributed by atoms with van der Waals surface area (Å²) in [6, 6.07) is 2.76. The van der Waals surface area contributed by atoms with Crippen molar-refractivity contribution in [3.8, 4) is 6.07 Å². The third-order valence-electron chi connectivity index (χ3n) is 3.16. The largest absolute Gasteiger partial charge is 0.300 e. The summed E-state index contributed by atoms with van der Waals surface area (Å²) < 4.78 is 2.95. The molecular formula is C11H15BrN4. The van der Waals surface area contributed by atoms with E-state index in [-0.39, 0.29) is 5.54 Å². The Labute approximate surface area is 104 Å². The molecular weight excluding hydrogens is 268 g/mol. The Hall–Kier alpha value is -0.860. The van der Waals surface area contributed by atoms with Crippen LogP contribution >= 0.6 is 15.9 Å². The van der Waals surface area contributed by atoms with Crippen LogP contribution in [0.4, 0.5) is 0 Å². The van der Waals surface area contributed by atoms with E-state index < -0.39 is 0 Å². The summed E-state index contributed by atoms with van der Waals surface area (Å²) >= 11 is 3.39. The fourth-order valence-corrected chi connectivity index (χ4v) is 2.70. The van der Waals surface area contributed by atoms with E-state index in [1.165, 1.54) is 0 Å². The highest BCUT2D eigenvalue weighted by Gasteiger charge is 2.39. The second-order valence-corrected chi connectivity index (χ2v) is 5.18. The first kappa shape index (κ1) is 11.6.